The second-order valence-electron chi connectivity index (χ2n) is 5.57. The molecule has 154 valence electrons. The van der Waals surface area contributed by atoms with Gasteiger partial charge in [0.15, 0.2) is 23.6 Å². The van der Waals surface area contributed by atoms with Crippen LogP contribution in [0.1, 0.15) is 12.5 Å². The van der Waals surface area contributed by atoms with Crippen LogP contribution in [0.5, 0.6) is 5.75 Å². The molecular formula is C19H14F5NO4. The molecular weight excluding hydrogens is 401 g/mol. The molecule has 2 aromatic rings. The van der Waals surface area contributed by atoms with Gasteiger partial charge in [0, 0.05) is 6.08 Å². The average molecular weight is 415 g/mol. The largest absolute Gasteiger partial charge is 0.449 e. The Labute approximate surface area is 161 Å². The van der Waals surface area contributed by atoms with Crippen LogP contribution in [0.15, 0.2) is 42.5 Å². The van der Waals surface area contributed by atoms with Crippen LogP contribution in [0.2, 0.25) is 0 Å². The van der Waals surface area contributed by atoms with Crippen molar-refractivity contribution in [3.05, 3.63) is 65.5 Å². The molecule has 0 aliphatic heterocycles. The van der Waals surface area contributed by atoms with Gasteiger partial charge >= 0.3 is 12.6 Å². The molecule has 10 heteroatoms. The molecule has 2 rings (SSSR count). The third-order valence-corrected chi connectivity index (χ3v) is 3.47. The lowest BCUT2D eigenvalue weighted by molar-refractivity contribution is -0.148. The molecule has 5 nitrogen and oxygen atoms in total. The van der Waals surface area contributed by atoms with Crippen LogP contribution in [-0.4, -0.2) is 24.6 Å². The summed E-state index contributed by atoms with van der Waals surface area (Å²) in [6.07, 6.45) is 0.903. The number of hydrogen-bond acceptors (Lipinski definition) is 4. The van der Waals surface area contributed by atoms with E-state index in [-0.39, 0.29) is 5.75 Å². The van der Waals surface area contributed by atoms with Gasteiger partial charge < -0.3 is 14.8 Å². The fourth-order valence-corrected chi connectivity index (χ4v) is 2.05. The van der Waals surface area contributed by atoms with Crippen LogP contribution in [0, 0.1) is 17.5 Å². The van der Waals surface area contributed by atoms with Gasteiger partial charge in [0.1, 0.15) is 5.75 Å². The van der Waals surface area contributed by atoms with Crippen molar-refractivity contribution in [3.63, 3.8) is 0 Å². The van der Waals surface area contributed by atoms with Gasteiger partial charge in [-0.05, 0) is 42.8 Å². The minimum absolute atomic E-state index is 0.0607. The van der Waals surface area contributed by atoms with E-state index in [2.05, 4.69) is 4.74 Å². The maximum Gasteiger partial charge on any atom is 0.387 e. The summed E-state index contributed by atoms with van der Waals surface area (Å²) < 4.78 is 72.8. The van der Waals surface area contributed by atoms with Crippen molar-refractivity contribution in [1.29, 1.82) is 0 Å². The van der Waals surface area contributed by atoms with Crippen molar-refractivity contribution in [2.45, 2.75) is 19.6 Å². The minimum atomic E-state index is -2.96. The van der Waals surface area contributed by atoms with Crippen molar-refractivity contribution in [3.8, 4) is 5.75 Å². The van der Waals surface area contributed by atoms with Crippen LogP contribution < -0.4 is 10.1 Å². The highest BCUT2D eigenvalue weighted by molar-refractivity contribution is 5.96. The first-order chi connectivity index (χ1) is 13.7. The Morgan fingerprint density at radius 2 is 1.66 bits per heavy atom. The summed E-state index contributed by atoms with van der Waals surface area (Å²) in [5.41, 5.74) is -0.150. The summed E-state index contributed by atoms with van der Waals surface area (Å²) in [5, 5.41) is 1.98. The SMILES string of the molecule is CC(OC(=O)/C=C/c1ccc(OC(F)F)cc1)C(=O)Nc1ccc(F)c(F)c1F. The second kappa shape index (κ2) is 9.67. The monoisotopic (exact) mass is 415 g/mol. The first kappa shape index (κ1) is 21.9. The summed E-state index contributed by atoms with van der Waals surface area (Å²) in [5.74, 6) is -6.71. The highest BCUT2D eigenvalue weighted by atomic mass is 19.3. The highest BCUT2D eigenvalue weighted by Gasteiger charge is 2.20. The molecule has 1 atom stereocenters. The fourth-order valence-electron chi connectivity index (χ4n) is 2.05. The number of benzene rings is 2. The van der Waals surface area contributed by atoms with E-state index in [1.165, 1.54) is 37.3 Å². The molecule has 2 aromatic carbocycles. The Morgan fingerprint density at radius 1 is 1.00 bits per heavy atom. The summed E-state index contributed by atoms with van der Waals surface area (Å²) in [4.78, 5) is 23.7. The van der Waals surface area contributed by atoms with Crippen LogP contribution in [0.25, 0.3) is 6.08 Å². The zero-order valence-electron chi connectivity index (χ0n) is 14.8. The Kier molecular flexibility index (Phi) is 7.29. The molecule has 0 saturated carbocycles. The van der Waals surface area contributed by atoms with E-state index in [9.17, 15) is 31.5 Å². The maximum atomic E-state index is 13.6. The number of anilines is 1. The van der Waals surface area contributed by atoms with Gasteiger partial charge in [0.2, 0.25) is 0 Å². The van der Waals surface area contributed by atoms with Gasteiger partial charge in [-0.1, -0.05) is 12.1 Å². The number of hydrogen-bond donors (Lipinski definition) is 1. The summed E-state index contributed by atoms with van der Waals surface area (Å²) >= 11 is 0. The summed E-state index contributed by atoms with van der Waals surface area (Å²) in [7, 11) is 0. The Hall–Kier alpha value is -3.43. The van der Waals surface area contributed by atoms with Crippen LogP contribution in [0.4, 0.5) is 27.6 Å². The van der Waals surface area contributed by atoms with Gasteiger partial charge in [-0.15, -0.1) is 0 Å². The summed E-state index contributed by atoms with van der Waals surface area (Å²) in [6.45, 7) is -1.77. The number of carbonyl (C=O) groups is 2. The lowest BCUT2D eigenvalue weighted by atomic mass is 10.2. The molecule has 1 amide bonds. The number of rotatable bonds is 7. The van der Waals surface area contributed by atoms with Crippen molar-refractivity contribution < 1.29 is 41.0 Å². The molecule has 0 heterocycles. The molecule has 0 radical (unpaired) electrons. The minimum Gasteiger partial charge on any atom is -0.449 e. The fraction of sp³-hybridized carbons (Fsp3) is 0.158. The second-order valence-corrected chi connectivity index (χ2v) is 5.57. The van der Waals surface area contributed by atoms with Crippen molar-refractivity contribution in [1.82, 2.24) is 0 Å². The standard InChI is InChI=1S/C19H14F5NO4/c1-10(18(27)25-14-8-7-13(20)16(21)17(14)22)28-15(26)9-4-11-2-5-12(6-3-11)29-19(23)24/h2-10,19H,1H3,(H,25,27)/b9-4+. The lowest BCUT2D eigenvalue weighted by Crippen LogP contribution is -2.29. The van der Waals surface area contributed by atoms with E-state index >= 15 is 0 Å². The first-order valence-corrected chi connectivity index (χ1v) is 8.05. The van der Waals surface area contributed by atoms with Gasteiger partial charge in [-0.3, -0.25) is 4.79 Å². The van der Waals surface area contributed by atoms with E-state index in [0.717, 1.165) is 12.1 Å². The maximum absolute atomic E-state index is 13.6. The quantitative estimate of drug-likeness (QED) is 0.317. The van der Waals surface area contributed by atoms with E-state index in [4.69, 9.17) is 4.74 Å². The van der Waals surface area contributed by atoms with Gasteiger partial charge in [0.25, 0.3) is 5.91 Å². The molecule has 0 aliphatic carbocycles. The Balaban J connectivity index is 1.92. The molecule has 0 bridgehead atoms. The molecule has 1 N–H and O–H groups in total. The first-order valence-electron chi connectivity index (χ1n) is 8.05. The smallest absolute Gasteiger partial charge is 0.387 e. The number of amides is 1. The topological polar surface area (TPSA) is 64.6 Å². The third kappa shape index (κ3) is 6.30. The number of nitrogens with one attached hydrogen (secondary N) is 1. The number of ether oxygens (including phenoxy) is 2. The van der Waals surface area contributed by atoms with Crippen molar-refractivity contribution in [2.24, 2.45) is 0 Å². The van der Waals surface area contributed by atoms with Gasteiger partial charge in [0.05, 0.1) is 5.69 Å². The number of carbonyl (C=O) groups excluding carboxylic acids is 2. The molecule has 0 aliphatic rings. The number of esters is 1. The molecule has 0 saturated heterocycles. The third-order valence-electron chi connectivity index (χ3n) is 3.47. The molecule has 0 fully saturated rings. The van der Waals surface area contributed by atoms with Crippen LogP contribution in [-0.2, 0) is 14.3 Å². The lowest BCUT2D eigenvalue weighted by Gasteiger charge is -2.13. The molecule has 0 aromatic heterocycles. The predicted octanol–water partition coefficient (Wildman–Crippen LogP) is 4.29. The predicted molar refractivity (Wildman–Crippen MR) is 92.6 cm³/mol. The van der Waals surface area contributed by atoms with E-state index in [1.54, 1.807) is 0 Å². The Morgan fingerprint density at radius 3 is 2.28 bits per heavy atom. The Bertz CT molecular complexity index is 916. The average Bonchev–Trinajstić information content (AvgIpc) is 2.67. The van der Waals surface area contributed by atoms with E-state index < -0.39 is 47.7 Å². The highest BCUT2D eigenvalue weighted by Crippen LogP contribution is 2.20. The van der Waals surface area contributed by atoms with E-state index in [1.807, 2.05) is 5.32 Å². The molecule has 0 spiro atoms. The van der Waals surface area contributed by atoms with Gasteiger partial charge in [-0.25, -0.2) is 18.0 Å². The van der Waals surface area contributed by atoms with Gasteiger partial charge in [-0.2, -0.15) is 8.78 Å². The van der Waals surface area contributed by atoms with Crippen LogP contribution >= 0.6 is 0 Å². The summed E-state index contributed by atoms with van der Waals surface area (Å²) in [6, 6.07) is 6.80. The van der Waals surface area contributed by atoms with Crippen LogP contribution in [0.3, 0.4) is 0 Å². The molecule has 29 heavy (non-hydrogen) atoms. The van der Waals surface area contributed by atoms with E-state index in [0.29, 0.717) is 11.6 Å². The number of alkyl halides is 2. The van der Waals surface area contributed by atoms with Crippen molar-refractivity contribution >= 4 is 23.6 Å². The number of halogens is 5. The zero-order valence-corrected chi connectivity index (χ0v) is 14.8. The zero-order chi connectivity index (χ0) is 21.6. The molecule has 1 unspecified atom stereocenters. The van der Waals surface area contributed by atoms with Crippen molar-refractivity contribution in [2.75, 3.05) is 5.32 Å². The normalized spacial score (nSPS) is 12.1.